The fourth-order valence-corrected chi connectivity index (χ4v) is 1.63. The highest BCUT2D eigenvalue weighted by atomic mass is 16.6. The Kier molecular flexibility index (Phi) is 3.64. The molecule has 0 aromatic carbocycles. The van der Waals surface area contributed by atoms with Gasteiger partial charge in [0.1, 0.15) is 6.20 Å². The van der Waals surface area contributed by atoms with Gasteiger partial charge in [0, 0.05) is 26.3 Å². The van der Waals surface area contributed by atoms with E-state index in [-0.39, 0.29) is 17.2 Å². The molecule has 0 amide bonds. The normalized spacial score (nSPS) is 10.4. The number of hydrogen-bond donors (Lipinski definition) is 2. The van der Waals surface area contributed by atoms with Crippen molar-refractivity contribution >= 4 is 17.5 Å². The monoisotopic (exact) mass is 280 g/mol. The summed E-state index contributed by atoms with van der Waals surface area (Å²) in [6.07, 6.45) is 4.08. The van der Waals surface area contributed by atoms with Crippen molar-refractivity contribution in [3.05, 3.63) is 34.5 Å². The summed E-state index contributed by atoms with van der Waals surface area (Å²) in [5.41, 5.74) is -0.154. The summed E-state index contributed by atoms with van der Waals surface area (Å²) in [5, 5.41) is 26.3. The number of nitrogens with one attached hydrogen (secondary N) is 1. The lowest BCUT2D eigenvalue weighted by molar-refractivity contribution is -0.384. The van der Waals surface area contributed by atoms with Crippen molar-refractivity contribution in [1.82, 2.24) is 19.3 Å². The maximum atomic E-state index is 10.8. The topological polar surface area (TPSA) is 128 Å². The molecule has 20 heavy (non-hydrogen) atoms. The van der Waals surface area contributed by atoms with Gasteiger partial charge in [0.05, 0.1) is 11.3 Å². The molecular formula is C10H12N6O4. The lowest BCUT2D eigenvalue weighted by Crippen LogP contribution is -2.10. The van der Waals surface area contributed by atoms with Crippen LogP contribution in [0.4, 0.5) is 11.5 Å². The zero-order valence-electron chi connectivity index (χ0n) is 10.6. The van der Waals surface area contributed by atoms with Gasteiger partial charge >= 0.3 is 11.7 Å². The van der Waals surface area contributed by atoms with E-state index < -0.39 is 10.9 Å². The number of hydrogen-bond acceptors (Lipinski definition) is 6. The second kappa shape index (κ2) is 5.38. The molecule has 2 N–H and O–H groups in total. The summed E-state index contributed by atoms with van der Waals surface area (Å²) in [6, 6.07) is 0. The molecule has 106 valence electrons. The molecule has 2 aromatic rings. The van der Waals surface area contributed by atoms with Crippen molar-refractivity contribution < 1.29 is 14.8 Å². The molecule has 10 heteroatoms. The molecule has 2 heterocycles. The molecule has 0 unspecified atom stereocenters. The van der Waals surface area contributed by atoms with Crippen molar-refractivity contribution in [2.45, 2.75) is 6.54 Å². The van der Waals surface area contributed by atoms with E-state index in [9.17, 15) is 14.9 Å². The third kappa shape index (κ3) is 2.91. The van der Waals surface area contributed by atoms with E-state index in [0.29, 0.717) is 13.1 Å². The highest BCUT2D eigenvalue weighted by Gasteiger charge is 2.17. The van der Waals surface area contributed by atoms with Gasteiger partial charge in [-0.05, 0) is 0 Å². The predicted octanol–water partition coefficient (Wildman–Crippen LogP) is 0.335. The summed E-state index contributed by atoms with van der Waals surface area (Å²) >= 11 is 0. The third-order valence-electron chi connectivity index (χ3n) is 2.52. The van der Waals surface area contributed by atoms with Crippen molar-refractivity contribution in [1.29, 1.82) is 0 Å². The second-order valence-corrected chi connectivity index (χ2v) is 4.02. The number of carboxylic acid groups (broad SMARTS) is 1. The minimum absolute atomic E-state index is 0.0474. The van der Waals surface area contributed by atoms with Crippen molar-refractivity contribution in [3.8, 4) is 0 Å². The van der Waals surface area contributed by atoms with Gasteiger partial charge in [-0.3, -0.25) is 14.8 Å². The third-order valence-corrected chi connectivity index (χ3v) is 2.52. The predicted molar refractivity (Wildman–Crippen MR) is 67.5 cm³/mol. The van der Waals surface area contributed by atoms with Crippen LogP contribution in [0, 0.1) is 10.1 Å². The number of nitro groups is 1. The van der Waals surface area contributed by atoms with Gasteiger partial charge in [0.25, 0.3) is 0 Å². The molecule has 0 bridgehead atoms. The van der Waals surface area contributed by atoms with E-state index in [0.717, 1.165) is 0 Å². The van der Waals surface area contributed by atoms with E-state index in [1.807, 2.05) is 0 Å². The fourth-order valence-electron chi connectivity index (χ4n) is 1.63. The first-order chi connectivity index (χ1) is 9.47. The molecule has 2 rings (SSSR count). The van der Waals surface area contributed by atoms with Crippen LogP contribution >= 0.6 is 0 Å². The average Bonchev–Trinajstić information content (AvgIpc) is 2.96. The summed E-state index contributed by atoms with van der Waals surface area (Å²) in [5.74, 6) is -0.923. The Morgan fingerprint density at radius 3 is 2.90 bits per heavy atom. The average molecular weight is 280 g/mol. The van der Waals surface area contributed by atoms with Gasteiger partial charge in [-0.2, -0.15) is 0 Å². The number of aromatic nitrogens is 4. The van der Waals surface area contributed by atoms with Crippen LogP contribution in [-0.4, -0.2) is 41.9 Å². The van der Waals surface area contributed by atoms with E-state index in [1.165, 1.54) is 23.4 Å². The first kappa shape index (κ1) is 13.5. The number of carbonyl (C=O) groups is 1. The van der Waals surface area contributed by atoms with Gasteiger partial charge in [-0.15, -0.1) is 5.10 Å². The number of imidazole rings is 1. The van der Waals surface area contributed by atoms with E-state index in [2.05, 4.69) is 15.4 Å². The lowest BCUT2D eigenvalue weighted by atomic mass is 10.5. The summed E-state index contributed by atoms with van der Waals surface area (Å²) < 4.78 is 2.92. The van der Waals surface area contributed by atoms with Crippen LogP contribution in [0.2, 0.25) is 0 Å². The van der Waals surface area contributed by atoms with Crippen LogP contribution in [-0.2, 0) is 13.6 Å². The summed E-state index contributed by atoms with van der Waals surface area (Å²) in [7, 11) is 1.59. The van der Waals surface area contributed by atoms with Gasteiger partial charge in [0.15, 0.2) is 5.69 Å². The van der Waals surface area contributed by atoms with E-state index >= 15 is 0 Å². The highest BCUT2D eigenvalue weighted by Crippen LogP contribution is 2.20. The first-order valence-corrected chi connectivity index (χ1v) is 5.64. The number of aryl methyl sites for hydroxylation is 1. The van der Waals surface area contributed by atoms with Crippen LogP contribution in [0.1, 0.15) is 10.5 Å². The van der Waals surface area contributed by atoms with Crippen LogP contribution in [0.25, 0.3) is 0 Å². The molecule has 0 aliphatic heterocycles. The van der Waals surface area contributed by atoms with Gasteiger partial charge in [-0.25, -0.2) is 9.78 Å². The molecule has 10 nitrogen and oxygen atoms in total. The smallest absolute Gasteiger partial charge is 0.356 e. The molecular weight excluding hydrogens is 268 g/mol. The Balaban J connectivity index is 1.95. The van der Waals surface area contributed by atoms with E-state index in [1.54, 1.807) is 11.6 Å². The molecule has 2 aromatic heterocycles. The molecule has 0 saturated heterocycles. The molecule has 0 aliphatic rings. The van der Waals surface area contributed by atoms with Gasteiger partial charge in [-0.1, -0.05) is 0 Å². The zero-order chi connectivity index (χ0) is 14.7. The minimum atomic E-state index is -1.10. The molecule has 0 spiro atoms. The molecule has 0 radical (unpaired) electrons. The quantitative estimate of drug-likeness (QED) is 0.576. The van der Waals surface area contributed by atoms with Gasteiger partial charge in [0.2, 0.25) is 5.82 Å². The number of anilines is 1. The van der Waals surface area contributed by atoms with Crippen LogP contribution in [0.5, 0.6) is 0 Å². The standard InChI is InChI=1S/C10H12N6O4/c1-14-5-8(16(19)20)9(13-14)11-2-3-15-4-7(10(17)18)12-6-15/h4-6H,2-3H2,1H3,(H,11,13)(H,17,18). The first-order valence-electron chi connectivity index (χ1n) is 5.64. The van der Waals surface area contributed by atoms with Crippen molar-refractivity contribution in [2.24, 2.45) is 7.05 Å². The van der Waals surface area contributed by atoms with Crippen LogP contribution < -0.4 is 5.32 Å². The Morgan fingerprint density at radius 2 is 2.30 bits per heavy atom. The molecule has 0 saturated carbocycles. The SMILES string of the molecule is Cn1cc([N+](=O)[O-])c(NCCn2cnc(C(=O)O)c2)n1. The molecule has 0 aliphatic carbocycles. The number of carboxylic acids is 1. The summed E-state index contributed by atoms with van der Waals surface area (Å²) in [6.45, 7) is 0.765. The summed E-state index contributed by atoms with van der Waals surface area (Å²) in [4.78, 5) is 24.6. The number of rotatable bonds is 6. The molecule has 0 atom stereocenters. The van der Waals surface area contributed by atoms with Crippen molar-refractivity contribution in [3.63, 3.8) is 0 Å². The largest absolute Gasteiger partial charge is 0.476 e. The number of aromatic carboxylic acids is 1. The number of nitrogens with zero attached hydrogens (tertiary/aromatic N) is 5. The zero-order valence-corrected chi connectivity index (χ0v) is 10.6. The van der Waals surface area contributed by atoms with Crippen LogP contribution in [0.3, 0.4) is 0 Å². The minimum Gasteiger partial charge on any atom is -0.476 e. The van der Waals surface area contributed by atoms with Gasteiger partial charge < -0.3 is 15.0 Å². The second-order valence-electron chi connectivity index (χ2n) is 4.02. The lowest BCUT2D eigenvalue weighted by Gasteiger charge is -2.03. The van der Waals surface area contributed by atoms with E-state index in [4.69, 9.17) is 5.11 Å². The van der Waals surface area contributed by atoms with Crippen molar-refractivity contribution in [2.75, 3.05) is 11.9 Å². The Morgan fingerprint density at radius 1 is 1.55 bits per heavy atom. The van der Waals surface area contributed by atoms with Crippen LogP contribution in [0.15, 0.2) is 18.7 Å². The maximum absolute atomic E-state index is 10.8. The Labute approximate surface area is 112 Å². The fraction of sp³-hybridized carbons (Fsp3) is 0.300. The highest BCUT2D eigenvalue weighted by molar-refractivity contribution is 5.84. The maximum Gasteiger partial charge on any atom is 0.356 e. The Bertz CT molecular complexity index is 646. The molecule has 0 fully saturated rings. The Hall–Kier alpha value is -2.91.